The lowest BCUT2D eigenvalue weighted by Gasteiger charge is -1.59. The topological polar surface area (TPSA) is 129 Å². The van der Waals surface area contributed by atoms with Crippen molar-refractivity contribution in [2.24, 2.45) is 0 Å². The minimum absolute atomic E-state index is 0.833. The van der Waals surface area contributed by atoms with Crippen molar-refractivity contribution in [3.05, 3.63) is 0 Å². The average molecular weight is 228 g/mol. The van der Waals surface area contributed by atoms with Crippen LogP contribution in [0, 0.1) is 0 Å². The highest BCUT2D eigenvalue weighted by Gasteiger charge is 1.66. The minimum atomic E-state index is -0.833. The zero-order valence-corrected chi connectivity index (χ0v) is 8.97. The lowest BCUT2D eigenvalue weighted by molar-refractivity contribution is -0.135. The number of carboxylic acid groups (broad SMARTS) is 3. The van der Waals surface area contributed by atoms with Crippen molar-refractivity contribution in [1.82, 2.24) is 0 Å². The van der Waals surface area contributed by atoms with Gasteiger partial charge < -0.3 is 15.3 Å². The van der Waals surface area contributed by atoms with Crippen LogP contribution in [0.3, 0.4) is 0 Å². The fraction of sp³-hybridized carbons (Fsp3) is 0.500. The largest absolute Gasteiger partial charge is 0.481 e. The van der Waals surface area contributed by atoms with Crippen LogP contribution in [-0.2, 0) is 18.9 Å². The van der Waals surface area contributed by atoms with Crippen molar-refractivity contribution < 1.29 is 34.3 Å². The fourth-order valence-electron chi connectivity index (χ4n) is 0. The molecule has 0 unspecified atom stereocenters. The van der Waals surface area contributed by atoms with Crippen LogP contribution in [-0.4, -0.2) is 33.2 Å². The summed E-state index contributed by atoms with van der Waals surface area (Å²) in [6, 6.07) is 0. The van der Waals surface area contributed by atoms with Gasteiger partial charge in [0.15, 0.2) is 0 Å². The number of carboxylic acids is 3. The van der Waals surface area contributed by atoms with Gasteiger partial charge in [-0.15, -0.1) is 0 Å². The third-order valence-corrected chi connectivity index (χ3v) is 0. The maximum atomic E-state index is 9.00. The van der Waals surface area contributed by atoms with Crippen molar-refractivity contribution in [2.75, 3.05) is 0 Å². The standard InChI is InChI=1S/3C2H4O2.HOP/c3*1-2(3)4;1-2/h3*1H3,(H,3,4);2H. The molecule has 0 aliphatic carbocycles. The molecule has 14 heavy (non-hydrogen) atoms. The van der Waals surface area contributed by atoms with Crippen LogP contribution < -0.4 is 0 Å². The van der Waals surface area contributed by atoms with Crippen molar-refractivity contribution in [2.45, 2.75) is 20.8 Å². The summed E-state index contributed by atoms with van der Waals surface area (Å²) in [4.78, 5) is 27.0. The van der Waals surface area contributed by atoms with Gasteiger partial charge in [0.2, 0.25) is 0 Å². The Bertz CT molecular complexity index is 127. The number of hydrogen-bond donors (Lipinski definition) is 3. The summed E-state index contributed by atoms with van der Waals surface area (Å²) in [5.74, 6) is -2.50. The van der Waals surface area contributed by atoms with Gasteiger partial charge in [0.25, 0.3) is 17.9 Å². The Morgan fingerprint density at radius 1 is 0.714 bits per heavy atom. The van der Waals surface area contributed by atoms with Crippen LogP contribution in [0.4, 0.5) is 0 Å². The molecule has 7 nitrogen and oxygen atoms in total. The molecular formula is C6H13O7P. The Labute approximate surface area is 83.0 Å². The third-order valence-electron chi connectivity index (χ3n) is 0. The van der Waals surface area contributed by atoms with Gasteiger partial charge in [-0.05, 0) is 0 Å². The fourth-order valence-corrected chi connectivity index (χ4v) is 0. The Hall–Kier alpha value is -1.49. The van der Waals surface area contributed by atoms with Crippen molar-refractivity contribution >= 4 is 27.0 Å². The lowest BCUT2D eigenvalue weighted by Crippen LogP contribution is -1.78. The van der Waals surface area contributed by atoms with E-state index < -0.39 is 17.9 Å². The van der Waals surface area contributed by atoms with Crippen LogP contribution in [0.2, 0.25) is 0 Å². The van der Waals surface area contributed by atoms with E-state index in [1.54, 1.807) is 9.12 Å². The maximum absolute atomic E-state index is 9.00. The second-order valence-corrected chi connectivity index (χ2v) is 1.56. The molecule has 0 rings (SSSR count). The molecule has 0 radical (unpaired) electrons. The molecule has 8 heteroatoms. The van der Waals surface area contributed by atoms with E-state index in [0.29, 0.717) is 0 Å². The van der Waals surface area contributed by atoms with Crippen LogP contribution in [0.1, 0.15) is 20.8 Å². The molecule has 3 N–H and O–H groups in total. The molecule has 0 heterocycles. The zero-order valence-electron chi connectivity index (χ0n) is 7.97. The molecule has 0 aliphatic rings. The molecule has 0 spiro atoms. The quantitative estimate of drug-likeness (QED) is 0.521. The summed E-state index contributed by atoms with van der Waals surface area (Å²) < 4.78 is 8.06. The lowest BCUT2D eigenvalue weighted by atomic mass is 10.9. The molecular weight excluding hydrogens is 215 g/mol. The van der Waals surface area contributed by atoms with E-state index in [1.165, 1.54) is 0 Å². The smallest absolute Gasteiger partial charge is 0.300 e. The van der Waals surface area contributed by atoms with Gasteiger partial charge in [-0.3, -0.25) is 18.9 Å². The van der Waals surface area contributed by atoms with E-state index >= 15 is 0 Å². The van der Waals surface area contributed by atoms with Crippen LogP contribution in [0.25, 0.3) is 0 Å². The number of carbonyl (C=O) groups is 3. The Balaban J connectivity index is -0.0000000492. The van der Waals surface area contributed by atoms with Crippen molar-refractivity contribution in [1.29, 1.82) is 0 Å². The molecule has 0 atom stereocenters. The molecule has 0 aromatic carbocycles. The normalized spacial score (nSPS) is 5.64. The number of hydrogen-bond acceptors (Lipinski definition) is 4. The van der Waals surface area contributed by atoms with Gasteiger partial charge >= 0.3 is 0 Å². The number of rotatable bonds is 0. The summed E-state index contributed by atoms with van der Waals surface area (Å²) in [5.41, 5.74) is 0. The van der Waals surface area contributed by atoms with E-state index in [1.807, 2.05) is 0 Å². The Morgan fingerprint density at radius 3 is 0.714 bits per heavy atom. The first-order valence-corrected chi connectivity index (χ1v) is 3.40. The van der Waals surface area contributed by atoms with Crippen molar-refractivity contribution in [3.8, 4) is 0 Å². The van der Waals surface area contributed by atoms with Gasteiger partial charge in [-0.2, -0.15) is 0 Å². The van der Waals surface area contributed by atoms with E-state index in [2.05, 4.69) is 0 Å². The summed E-state index contributed by atoms with van der Waals surface area (Å²) in [6.45, 7) is 3.25. The molecule has 0 saturated heterocycles. The molecule has 0 saturated carbocycles. The molecule has 0 fully saturated rings. The molecule has 84 valence electrons. The van der Waals surface area contributed by atoms with Gasteiger partial charge in [-0.1, -0.05) is 0 Å². The highest BCUT2D eigenvalue weighted by atomic mass is 31.0. The Morgan fingerprint density at radius 2 is 0.714 bits per heavy atom. The second kappa shape index (κ2) is 22.5. The van der Waals surface area contributed by atoms with Crippen LogP contribution in [0.5, 0.6) is 0 Å². The van der Waals surface area contributed by atoms with Crippen LogP contribution >= 0.6 is 9.12 Å². The summed E-state index contributed by atoms with van der Waals surface area (Å²) in [6.07, 6.45) is 0. The van der Waals surface area contributed by atoms with Gasteiger partial charge in [-0.25, -0.2) is 0 Å². The van der Waals surface area contributed by atoms with Crippen LogP contribution in [0.15, 0.2) is 0 Å². The first kappa shape index (κ1) is 22.9. The summed E-state index contributed by atoms with van der Waals surface area (Å²) in [5, 5.41) is 22.2. The molecule has 0 bridgehead atoms. The van der Waals surface area contributed by atoms with Gasteiger partial charge in [0, 0.05) is 20.8 Å². The van der Waals surface area contributed by atoms with E-state index in [9.17, 15) is 0 Å². The Kier molecular flexibility index (Phi) is 36.8. The molecule has 0 aromatic rings. The van der Waals surface area contributed by atoms with E-state index in [4.69, 9.17) is 34.3 Å². The first-order chi connectivity index (χ1) is 6.20. The summed E-state index contributed by atoms with van der Waals surface area (Å²) in [7, 11) is 1.72. The minimum Gasteiger partial charge on any atom is -0.481 e. The molecule has 0 aromatic heterocycles. The average Bonchev–Trinajstić information content (AvgIpc) is 1.86. The number of aliphatic carboxylic acids is 3. The van der Waals surface area contributed by atoms with Crippen molar-refractivity contribution in [3.63, 3.8) is 0 Å². The van der Waals surface area contributed by atoms with Gasteiger partial charge in [0.1, 0.15) is 9.12 Å². The maximum Gasteiger partial charge on any atom is 0.300 e. The first-order valence-electron chi connectivity index (χ1n) is 2.99. The highest BCUT2D eigenvalue weighted by Crippen LogP contribution is 1.42. The predicted molar refractivity (Wildman–Crippen MR) is 48.9 cm³/mol. The highest BCUT2D eigenvalue weighted by molar-refractivity contribution is 7.00. The molecule has 0 aliphatic heterocycles. The zero-order chi connectivity index (χ0) is 12.7. The monoisotopic (exact) mass is 228 g/mol. The predicted octanol–water partition coefficient (Wildman–Crippen LogP) is 0.747. The van der Waals surface area contributed by atoms with E-state index in [-0.39, 0.29) is 0 Å². The van der Waals surface area contributed by atoms with Gasteiger partial charge in [0.05, 0.1) is 0 Å². The summed E-state index contributed by atoms with van der Waals surface area (Å²) >= 11 is 0. The second-order valence-electron chi connectivity index (χ2n) is 1.56. The SMILES string of the molecule is CC(=O)O.CC(=O)O.CC(=O)O.O=P. The molecule has 0 amide bonds. The van der Waals surface area contributed by atoms with E-state index in [0.717, 1.165) is 20.8 Å². The third kappa shape index (κ3) is 428.